The summed E-state index contributed by atoms with van der Waals surface area (Å²) in [5, 5.41) is 10.1. The molecule has 0 aliphatic heterocycles. The Balaban J connectivity index is 3.06. The summed E-state index contributed by atoms with van der Waals surface area (Å²) >= 11 is 9.95. The van der Waals surface area contributed by atoms with Crippen LogP contribution in [0.15, 0.2) is 18.2 Å². The molecule has 0 spiro atoms. The number of benzene rings is 1. The van der Waals surface area contributed by atoms with Crippen LogP contribution in [0.5, 0.6) is 5.75 Å². The van der Waals surface area contributed by atoms with E-state index in [1.165, 1.54) is 0 Å². The minimum Gasteiger partial charge on any atom is -0.418 e. The van der Waals surface area contributed by atoms with E-state index in [2.05, 4.69) is 16.3 Å². The molecule has 1 aromatic carbocycles. The fraction of sp³-hybridized carbons (Fsp3) is 0.143. The number of nitro groups is 1. The van der Waals surface area contributed by atoms with Crippen LogP contribution >= 0.6 is 23.2 Å². The van der Waals surface area contributed by atoms with Crippen LogP contribution in [-0.2, 0) is 0 Å². The molecule has 0 saturated carbocycles. The largest absolute Gasteiger partial charge is 0.487 e. The zero-order chi connectivity index (χ0) is 11.6. The van der Waals surface area contributed by atoms with E-state index in [4.69, 9.17) is 11.6 Å². The number of nitrogens with zero attached hydrogens (tertiary/aromatic N) is 1. The normalized spacial score (nSPS) is 11.2. The number of halogens is 4. The van der Waals surface area contributed by atoms with E-state index in [0.717, 1.165) is 18.2 Å². The van der Waals surface area contributed by atoms with Crippen molar-refractivity contribution in [2.75, 3.05) is 0 Å². The van der Waals surface area contributed by atoms with Crippen molar-refractivity contribution in [3.05, 3.63) is 33.3 Å². The first-order valence-corrected chi connectivity index (χ1v) is 4.25. The van der Waals surface area contributed by atoms with Gasteiger partial charge in [-0.3, -0.25) is 10.1 Å². The molecular weight excluding hydrogens is 255 g/mol. The fourth-order valence-electron chi connectivity index (χ4n) is 0.809. The van der Waals surface area contributed by atoms with Crippen LogP contribution < -0.4 is 4.74 Å². The molecule has 0 heterocycles. The van der Waals surface area contributed by atoms with Crippen LogP contribution in [0.3, 0.4) is 0 Å². The Morgan fingerprint density at radius 2 is 2.07 bits per heavy atom. The molecule has 0 atom stereocenters. The summed E-state index contributed by atoms with van der Waals surface area (Å²) in [6, 6.07) is 2.89. The highest BCUT2D eigenvalue weighted by Gasteiger charge is 2.29. The van der Waals surface area contributed by atoms with Crippen molar-refractivity contribution in [1.29, 1.82) is 0 Å². The van der Waals surface area contributed by atoms with E-state index < -0.39 is 21.9 Å². The minimum absolute atomic E-state index is 0.194. The molecule has 0 fully saturated rings. The van der Waals surface area contributed by atoms with Crippen molar-refractivity contribution >= 4 is 28.9 Å². The maximum Gasteiger partial charge on any atom is 0.487 e. The predicted octanol–water partition coefficient (Wildman–Crippen LogP) is 3.42. The van der Waals surface area contributed by atoms with Gasteiger partial charge in [0.25, 0.3) is 5.69 Å². The Hall–Kier alpha value is -1.14. The Kier molecular flexibility index (Phi) is 3.31. The standard InChI is InChI=1S/C7H3Cl2F2NO3/c8-5-2-1-4(12(13)14)3-6(5)15-7(9,10)11/h1-3H. The quantitative estimate of drug-likeness (QED) is 0.474. The summed E-state index contributed by atoms with van der Waals surface area (Å²) in [7, 11) is 0. The van der Waals surface area contributed by atoms with E-state index in [0.29, 0.717) is 0 Å². The number of alkyl halides is 3. The second-order valence-corrected chi connectivity index (χ2v) is 3.27. The Morgan fingerprint density at radius 1 is 1.47 bits per heavy atom. The molecule has 0 bridgehead atoms. The second-order valence-electron chi connectivity index (χ2n) is 2.42. The van der Waals surface area contributed by atoms with Gasteiger partial charge < -0.3 is 4.74 Å². The maximum atomic E-state index is 12.2. The predicted molar refractivity (Wildman–Crippen MR) is 49.5 cm³/mol. The first-order chi connectivity index (χ1) is 6.79. The molecule has 4 nitrogen and oxygen atoms in total. The van der Waals surface area contributed by atoms with Gasteiger partial charge in [-0.05, 0) is 6.07 Å². The SMILES string of the molecule is O=[N+]([O-])c1ccc(Cl)c(OC(F)(F)Cl)c1. The van der Waals surface area contributed by atoms with Crippen molar-refractivity contribution in [3.8, 4) is 5.75 Å². The van der Waals surface area contributed by atoms with Crippen molar-refractivity contribution in [2.24, 2.45) is 0 Å². The van der Waals surface area contributed by atoms with Crippen LogP contribution in [0.2, 0.25) is 5.02 Å². The first kappa shape index (κ1) is 11.9. The number of ether oxygens (including phenoxy) is 1. The Morgan fingerprint density at radius 3 is 2.53 bits per heavy atom. The first-order valence-electron chi connectivity index (χ1n) is 3.49. The van der Waals surface area contributed by atoms with Gasteiger partial charge in [-0.25, -0.2) is 0 Å². The van der Waals surface area contributed by atoms with Crippen LogP contribution in [-0.4, -0.2) is 10.5 Å². The van der Waals surface area contributed by atoms with Gasteiger partial charge in [0.15, 0.2) is 5.75 Å². The number of hydrogen-bond donors (Lipinski definition) is 0. The van der Waals surface area contributed by atoms with Gasteiger partial charge in [-0.1, -0.05) is 11.6 Å². The van der Waals surface area contributed by atoms with Crippen LogP contribution in [0, 0.1) is 10.1 Å². The van der Waals surface area contributed by atoms with Gasteiger partial charge in [0.05, 0.1) is 16.0 Å². The van der Waals surface area contributed by atoms with Crippen molar-refractivity contribution in [2.45, 2.75) is 5.57 Å². The number of nitro benzene ring substituents is 1. The van der Waals surface area contributed by atoms with Crippen LogP contribution in [0.4, 0.5) is 14.5 Å². The lowest BCUT2D eigenvalue weighted by atomic mass is 10.3. The summed E-state index contributed by atoms with van der Waals surface area (Å²) < 4.78 is 28.4. The van der Waals surface area contributed by atoms with Crippen LogP contribution in [0.25, 0.3) is 0 Å². The highest BCUT2D eigenvalue weighted by molar-refractivity contribution is 6.32. The highest BCUT2D eigenvalue weighted by atomic mass is 35.5. The summed E-state index contributed by atoms with van der Waals surface area (Å²) in [5.74, 6) is -0.550. The van der Waals surface area contributed by atoms with E-state index in [1.807, 2.05) is 0 Å². The molecule has 0 radical (unpaired) electrons. The van der Waals surface area contributed by atoms with Gasteiger partial charge in [0.1, 0.15) is 0 Å². The number of hydrogen-bond acceptors (Lipinski definition) is 3. The highest BCUT2D eigenvalue weighted by Crippen LogP contribution is 2.33. The monoisotopic (exact) mass is 257 g/mol. The molecule has 1 rings (SSSR count). The van der Waals surface area contributed by atoms with Gasteiger partial charge >= 0.3 is 5.57 Å². The molecule has 0 N–H and O–H groups in total. The Bertz CT molecular complexity index is 394. The maximum absolute atomic E-state index is 12.2. The van der Waals surface area contributed by atoms with E-state index >= 15 is 0 Å². The smallest absolute Gasteiger partial charge is 0.418 e. The molecule has 0 unspecified atom stereocenters. The molecule has 0 aromatic heterocycles. The van der Waals surface area contributed by atoms with Crippen molar-refractivity contribution in [1.82, 2.24) is 0 Å². The van der Waals surface area contributed by atoms with Crippen molar-refractivity contribution < 1.29 is 18.4 Å². The molecule has 0 saturated heterocycles. The van der Waals surface area contributed by atoms with Crippen molar-refractivity contribution in [3.63, 3.8) is 0 Å². The molecule has 0 aliphatic rings. The van der Waals surface area contributed by atoms with Gasteiger partial charge in [0, 0.05) is 17.7 Å². The lowest BCUT2D eigenvalue weighted by Gasteiger charge is -2.11. The summed E-state index contributed by atoms with van der Waals surface area (Å²) in [4.78, 5) is 9.55. The number of rotatable bonds is 3. The molecule has 0 amide bonds. The second kappa shape index (κ2) is 4.16. The fourth-order valence-corrected chi connectivity index (χ4v) is 1.05. The number of non-ortho nitro benzene ring substituents is 1. The van der Waals surface area contributed by atoms with Crippen LogP contribution in [0.1, 0.15) is 0 Å². The molecule has 1 aromatic rings. The van der Waals surface area contributed by atoms with Gasteiger partial charge in [-0.2, -0.15) is 0 Å². The lowest BCUT2D eigenvalue weighted by molar-refractivity contribution is -0.385. The van der Waals surface area contributed by atoms with Gasteiger partial charge in [0.2, 0.25) is 0 Å². The summed E-state index contributed by atoms with van der Waals surface area (Å²) in [5.41, 5.74) is -4.38. The average Bonchev–Trinajstić information content (AvgIpc) is 2.06. The molecule has 82 valence electrons. The zero-order valence-corrected chi connectivity index (χ0v) is 8.43. The lowest BCUT2D eigenvalue weighted by Crippen LogP contribution is -2.15. The third-order valence-corrected chi connectivity index (χ3v) is 1.74. The summed E-state index contributed by atoms with van der Waals surface area (Å²) in [6.07, 6.45) is 0. The minimum atomic E-state index is -3.96. The summed E-state index contributed by atoms with van der Waals surface area (Å²) in [6.45, 7) is 0. The molecular formula is C7H3Cl2F2NO3. The van der Waals surface area contributed by atoms with Gasteiger partial charge in [-0.15, -0.1) is 8.78 Å². The van der Waals surface area contributed by atoms with E-state index in [9.17, 15) is 18.9 Å². The van der Waals surface area contributed by atoms with E-state index in [1.54, 1.807) is 0 Å². The molecule has 0 aliphatic carbocycles. The van der Waals surface area contributed by atoms with E-state index in [-0.39, 0.29) is 5.02 Å². The molecule has 8 heteroatoms. The third kappa shape index (κ3) is 3.49. The molecule has 15 heavy (non-hydrogen) atoms. The average molecular weight is 258 g/mol. The topological polar surface area (TPSA) is 52.4 Å². The zero-order valence-electron chi connectivity index (χ0n) is 6.92. The Labute approximate surface area is 92.5 Å². The third-order valence-electron chi connectivity index (χ3n) is 1.35.